The Morgan fingerprint density at radius 2 is 1.15 bits per heavy atom. The van der Waals surface area contributed by atoms with E-state index in [0.29, 0.717) is 6.61 Å². The van der Waals surface area contributed by atoms with Crippen molar-refractivity contribution < 1.29 is 14.6 Å². The van der Waals surface area contributed by atoms with Crippen LogP contribution in [0, 0.1) is 0 Å². The van der Waals surface area contributed by atoms with E-state index in [9.17, 15) is 5.11 Å². The minimum absolute atomic E-state index is 0.237. The first-order chi connectivity index (χ1) is 16.6. The fraction of sp³-hybridized carbons (Fsp3) is 0.867. The van der Waals surface area contributed by atoms with Crippen molar-refractivity contribution in [2.45, 2.75) is 135 Å². The number of unbranched alkanes of at least 4 members (excludes halogenated alkanes) is 10. The van der Waals surface area contributed by atoms with Gasteiger partial charge in [-0.3, -0.25) is 0 Å². The van der Waals surface area contributed by atoms with Gasteiger partial charge in [0.25, 0.3) is 0 Å². The monoisotopic (exact) mass is 481 g/mol. The molecule has 2 atom stereocenters. The molecular weight excluding hydrogens is 422 g/mol. The molecule has 0 aromatic carbocycles. The second kappa shape index (κ2) is 26.9. The maximum absolute atomic E-state index is 10.2. The number of aliphatic hydroxyl groups is 1. The summed E-state index contributed by atoms with van der Waals surface area (Å²) in [6, 6.07) is 0. The molecular formula is C30H59NO3. The smallest absolute Gasteiger partial charge is 0.154 e. The van der Waals surface area contributed by atoms with Crippen LogP contribution < -0.4 is 0 Å². The zero-order chi connectivity index (χ0) is 25.1. The maximum Gasteiger partial charge on any atom is 0.154 e. The average Bonchev–Trinajstić information content (AvgIpc) is 2.81. The van der Waals surface area contributed by atoms with Crippen LogP contribution in [0.2, 0.25) is 0 Å². The highest BCUT2D eigenvalue weighted by molar-refractivity contribution is 4.80. The minimum atomic E-state index is -0.628. The standard InChI is InChI=1S/C30H59NO3/c1-5-7-9-11-13-15-17-19-21-23-29(33-28-26-31(3)4)25-27-34-30(32)24-22-20-18-16-14-12-10-8-6-2/h7-10,29-30,32H,5-6,11-28H2,1-4H3. The van der Waals surface area contributed by atoms with Crippen molar-refractivity contribution in [1.82, 2.24) is 4.90 Å². The summed E-state index contributed by atoms with van der Waals surface area (Å²) < 4.78 is 11.9. The van der Waals surface area contributed by atoms with Crippen molar-refractivity contribution >= 4 is 0 Å². The zero-order valence-electron chi connectivity index (χ0n) is 23.3. The predicted molar refractivity (Wildman–Crippen MR) is 148 cm³/mol. The van der Waals surface area contributed by atoms with E-state index in [4.69, 9.17) is 9.47 Å². The Morgan fingerprint density at radius 1 is 0.618 bits per heavy atom. The van der Waals surface area contributed by atoms with Gasteiger partial charge in [0, 0.05) is 6.54 Å². The molecule has 4 heteroatoms. The molecule has 0 saturated carbocycles. The van der Waals surface area contributed by atoms with Crippen LogP contribution in [0.5, 0.6) is 0 Å². The number of nitrogens with zero attached hydrogens (tertiary/aromatic N) is 1. The summed E-state index contributed by atoms with van der Waals surface area (Å²) in [6.45, 7) is 6.66. The minimum Gasteiger partial charge on any atom is -0.377 e. The second-order valence-electron chi connectivity index (χ2n) is 9.86. The Morgan fingerprint density at radius 3 is 1.71 bits per heavy atom. The van der Waals surface area contributed by atoms with Gasteiger partial charge >= 0.3 is 0 Å². The summed E-state index contributed by atoms with van der Waals surface area (Å²) in [5.41, 5.74) is 0. The lowest BCUT2D eigenvalue weighted by molar-refractivity contribution is -0.113. The van der Waals surface area contributed by atoms with Gasteiger partial charge in [-0.2, -0.15) is 0 Å². The van der Waals surface area contributed by atoms with Crippen LogP contribution in [0.15, 0.2) is 24.3 Å². The largest absolute Gasteiger partial charge is 0.377 e. The molecule has 0 saturated heterocycles. The van der Waals surface area contributed by atoms with Crippen LogP contribution in [0.4, 0.5) is 0 Å². The van der Waals surface area contributed by atoms with Crippen molar-refractivity contribution in [2.24, 2.45) is 0 Å². The molecule has 0 rings (SSSR count). The number of ether oxygens (including phenoxy) is 2. The summed E-state index contributed by atoms with van der Waals surface area (Å²) in [6.07, 6.45) is 28.6. The van der Waals surface area contributed by atoms with Gasteiger partial charge in [0.15, 0.2) is 6.29 Å². The van der Waals surface area contributed by atoms with E-state index < -0.39 is 6.29 Å². The van der Waals surface area contributed by atoms with Gasteiger partial charge in [0.1, 0.15) is 0 Å². The highest BCUT2D eigenvalue weighted by Crippen LogP contribution is 2.15. The topological polar surface area (TPSA) is 41.9 Å². The lowest BCUT2D eigenvalue weighted by Gasteiger charge is -2.20. The van der Waals surface area contributed by atoms with Gasteiger partial charge in [-0.25, -0.2) is 0 Å². The molecule has 0 aromatic heterocycles. The van der Waals surface area contributed by atoms with Crippen molar-refractivity contribution in [1.29, 1.82) is 0 Å². The van der Waals surface area contributed by atoms with Crippen molar-refractivity contribution in [3.05, 3.63) is 24.3 Å². The number of aliphatic hydroxyl groups excluding tert-OH is 1. The first-order valence-corrected chi connectivity index (χ1v) is 14.5. The molecule has 0 aliphatic carbocycles. The Balaban J connectivity index is 3.88. The van der Waals surface area contributed by atoms with E-state index in [0.717, 1.165) is 51.7 Å². The molecule has 34 heavy (non-hydrogen) atoms. The van der Waals surface area contributed by atoms with Crippen molar-refractivity contribution in [3.8, 4) is 0 Å². The van der Waals surface area contributed by atoms with Gasteiger partial charge in [-0.05, 0) is 78.3 Å². The van der Waals surface area contributed by atoms with Crippen molar-refractivity contribution in [3.63, 3.8) is 0 Å². The number of hydrogen-bond donors (Lipinski definition) is 1. The molecule has 2 unspecified atom stereocenters. The Bertz CT molecular complexity index is 450. The van der Waals surface area contributed by atoms with Crippen LogP contribution in [0.25, 0.3) is 0 Å². The highest BCUT2D eigenvalue weighted by atomic mass is 16.6. The number of likely N-dealkylation sites (N-methyl/N-ethyl adjacent to an activating group) is 1. The van der Waals surface area contributed by atoms with Crippen molar-refractivity contribution in [2.75, 3.05) is 33.9 Å². The van der Waals surface area contributed by atoms with E-state index in [-0.39, 0.29) is 6.10 Å². The first-order valence-electron chi connectivity index (χ1n) is 14.5. The lowest BCUT2D eigenvalue weighted by atomic mass is 10.1. The van der Waals surface area contributed by atoms with Crippen LogP contribution in [-0.4, -0.2) is 56.3 Å². The van der Waals surface area contributed by atoms with Gasteiger partial charge in [-0.15, -0.1) is 0 Å². The highest BCUT2D eigenvalue weighted by Gasteiger charge is 2.11. The Hall–Kier alpha value is -0.680. The Kier molecular flexibility index (Phi) is 26.4. The number of allylic oxidation sites excluding steroid dienone is 4. The molecule has 1 N–H and O–H groups in total. The van der Waals surface area contributed by atoms with Gasteiger partial charge < -0.3 is 19.5 Å². The molecule has 4 nitrogen and oxygen atoms in total. The molecule has 0 aliphatic heterocycles. The van der Waals surface area contributed by atoms with E-state index in [1.807, 2.05) is 0 Å². The second-order valence-corrected chi connectivity index (χ2v) is 9.86. The number of rotatable bonds is 26. The van der Waals surface area contributed by atoms with Crippen LogP contribution in [-0.2, 0) is 9.47 Å². The maximum atomic E-state index is 10.2. The molecule has 0 radical (unpaired) electrons. The van der Waals surface area contributed by atoms with E-state index in [1.54, 1.807) is 0 Å². The summed E-state index contributed by atoms with van der Waals surface area (Å²) >= 11 is 0. The summed E-state index contributed by atoms with van der Waals surface area (Å²) in [5, 5.41) is 10.2. The van der Waals surface area contributed by atoms with Crippen LogP contribution >= 0.6 is 0 Å². The normalized spacial score (nSPS) is 14.1. The lowest BCUT2D eigenvalue weighted by Crippen LogP contribution is -2.24. The van der Waals surface area contributed by atoms with E-state index in [2.05, 4.69) is 57.1 Å². The molecule has 0 spiro atoms. The molecule has 0 aliphatic rings. The molecule has 0 fully saturated rings. The fourth-order valence-electron chi connectivity index (χ4n) is 3.98. The van der Waals surface area contributed by atoms with Gasteiger partial charge in [0.2, 0.25) is 0 Å². The molecule has 0 amide bonds. The van der Waals surface area contributed by atoms with E-state index >= 15 is 0 Å². The summed E-state index contributed by atoms with van der Waals surface area (Å²) in [7, 11) is 4.16. The summed E-state index contributed by atoms with van der Waals surface area (Å²) in [4.78, 5) is 2.16. The third kappa shape index (κ3) is 25.9. The molecule has 202 valence electrons. The summed E-state index contributed by atoms with van der Waals surface area (Å²) in [5.74, 6) is 0. The van der Waals surface area contributed by atoms with Gasteiger partial charge in [-0.1, -0.05) is 83.1 Å². The SMILES string of the molecule is CCC=CCCCCCCCC(O)OCCC(CCCCCCCC=CCC)OCCN(C)C. The predicted octanol–water partition coefficient (Wildman–Crippen LogP) is 8.05. The fourth-order valence-corrected chi connectivity index (χ4v) is 3.98. The first kappa shape index (κ1) is 33.3. The third-order valence-corrected chi connectivity index (χ3v) is 6.17. The average molecular weight is 482 g/mol. The Labute approximate surface area is 213 Å². The third-order valence-electron chi connectivity index (χ3n) is 6.17. The zero-order valence-corrected chi connectivity index (χ0v) is 23.3. The quantitative estimate of drug-likeness (QED) is 0.0770. The molecule has 0 bridgehead atoms. The molecule has 0 heterocycles. The van der Waals surface area contributed by atoms with Crippen LogP contribution in [0.3, 0.4) is 0 Å². The van der Waals surface area contributed by atoms with Crippen LogP contribution in [0.1, 0.15) is 123 Å². The number of hydrogen-bond acceptors (Lipinski definition) is 4. The van der Waals surface area contributed by atoms with E-state index in [1.165, 1.54) is 70.6 Å². The van der Waals surface area contributed by atoms with Gasteiger partial charge in [0.05, 0.1) is 19.3 Å². The molecule has 0 aromatic rings.